The predicted molar refractivity (Wildman–Crippen MR) is 75.9 cm³/mol. The maximum Gasteiger partial charge on any atom is 0.271 e. The number of carbonyl (C=O) groups is 1. The van der Waals surface area contributed by atoms with E-state index in [0.29, 0.717) is 22.6 Å². The maximum absolute atomic E-state index is 12.0. The second kappa shape index (κ2) is 6.53. The van der Waals surface area contributed by atoms with Crippen molar-refractivity contribution in [3.63, 3.8) is 0 Å². The molecule has 98 valence electrons. The van der Waals surface area contributed by atoms with Crippen LogP contribution in [0.5, 0.6) is 0 Å². The van der Waals surface area contributed by atoms with Crippen molar-refractivity contribution in [1.29, 1.82) is 0 Å². The Kier molecular flexibility index (Phi) is 5.01. The second-order valence-electron chi connectivity index (χ2n) is 4.60. The Labute approximate surface area is 120 Å². The van der Waals surface area contributed by atoms with Crippen LogP contribution in [0.2, 0.25) is 0 Å². The van der Waals surface area contributed by atoms with Gasteiger partial charge in [0.1, 0.15) is 5.69 Å². The zero-order chi connectivity index (χ0) is 13.0. The average molecular weight is 332 g/mol. The third-order valence-corrected chi connectivity index (χ3v) is 4.53. The molecule has 5 heteroatoms. The van der Waals surface area contributed by atoms with Gasteiger partial charge >= 0.3 is 0 Å². The number of carbonyl (C=O) groups excluding carboxylic acids is 1. The number of halogens is 2. The van der Waals surface area contributed by atoms with Crippen molar-refractivity contribution in [2.24, 2.45) is 5.92 Å². The first-order valence-electron chi connectivity index (χ1n) is 6.21. The molecule has 0 spiro atoms. The molecule has 1 aliphatic rings. The minimum atomic E-state index is -0.142. The first-order chi connectivity index (χ1) is 8.68. The van der Waals surface area contributed by atoms with Crippen molar-refractivity contribution in [3.05, 3.63) is 28.5 Å². The third-order valence-electron chi connectivity index (χ3n) is 3.31. The molecule has 1 heterocycles. The Morgan fingerprint density at radius 1 is 1.50 bits per heavy atom. The molecule has 0 radical (unpaired) electrons. The van der Waals surface area contributed by atoms with Crippen LogP contribution in [0.1, 0.15) is 36.2 Å². The van der Waals surface area contributed by atoms with Gasteiger partial charge in [0.2, 0.25) is 0 Å². The van der Waals surface area contributed by atoms with E-state index < -0.39 is 0 Å². The molecule has 1 saturated carbocycles. The van der Waals surface area contributed by atoms with Gasteiger partial charge in [0.15, 0.2) is 0 Å². The van der Waals surface area contributed by atoms with E-state index in [0.717, 1.165) is 12.8 Å². The highest BCUT2D eigenvalue weighted by Crippen LogP contribution is 2.28. The van der Waals surface area contributed by atoms with Crippen molar-refractivity contribution in [3.8, 4) is 0 Å². The molecule has 18 heavy (non-hydrogen) atoms. The van der Waals surface area contributed by atoms with Gasteiger partial charge in [0, 0.05) is 22.6 Å². The molecule has 2 atom stereocenters. The third kappa shape index (κ3) is 3.45. The first-order valence-corrected chi connectivity index (χ1v) is 7.44. The summed E-state index contributed by atoms with van der Waals surface area (Å²) >= 11 is 9.59. The minimum absolute atomic E-state index is 0.142. The van der Waals surface area contributed by atoms with E-state index in [1.165, 1.54) is 12.8 Å². The van der Waals surface area contributed by atoms with E-state index in [9.17, 15) is 4.79 Å². The molecule has 1 aliphatic carbocycles. The summed E-state index contributed by atoms with van der Waals surface area (Å²) in [5, 5.41) is 3.11. The molecule has 1 amide bonds. The number of rotatable bonds is 3. The van der Waals surface area contributed by atoms with Gasteiger partial charge in [-0.1, -0.05) is 12.8 Å². The number of nitrogens with zero attached hydrogens (tertiary/aromatic N) is 1. The molecule has 2 unspecified atom stereocenters. The highest BCUT2D eigenvalue weighted by Gasteiger charge is 2.24. The first kappa shape index (κ1) is 13.8. The molecule has 1 aromatic heterocycles. The van der Waals surface area contributed by atoms with Gasteiger partial charge < -0.3 is 5.32 Å². The van der Waals surface area contributed by atoms with Crippen molar-refractivity contribution in [2.45, 2.75) is 31.1 Å². The molecule has 0 aliphatic heterocycles. The van der Waals surface area contributed by atoms with Crippen LogP contribution in [0.15, 0.2) is 22.8 Å². The largest absolute Gasteiger partial charge is 0.350 e. The van der Waals surface area contributed by atoms with Crippen LogP contribution < -0.4 is 5.32 Å². The summed E-state index contributed by atoms with van der Waals surface area (Å²) < 4.78 is 0.716. The van der Waals surface area contributed by atoms with Crippen LogP contribution in [-0.2, 0) is 0 Å². The van der Waals surface area contributed by atoms with Gasteiger partial charge in [-0.05, 0) is 46.8 Å². The van der Waals surface area contributed by atoms with Crippen molar-refractivity contribution in [2.75, 3.05) is 6.54 Å². The quantitative estimate of drug-likeness (QED) is 0.863. The second-order valence-corrected chi connectivity index (χ2v) is 6.02. The molecule has 3 nitrogen and oxygen atoms in total. The smallest absolute Gasteiger partial charge is 0.271 e. The number of amides is 1. The van der Waals surface area contributed by atoms with Crippen molar-refractivity contribution >= 4 is 33.4 Å². The lowest BCUT2D eigenvalue weighted by Gasteiger charge is -2.27. The molecule has 1 N–H and O–H groups in total. The van der Waals surface area contributed by atoms with E-state index in [2.05, 4.69) is 26.2 Å². The van der Waals surface area contributed by atoms with Crippen LogP contribution in [-0.4, -0.2) is 22.8 Å². The number of pyridine rings is 1. The summed E-state index contributed by atoms with van der Waals surface area (Å²) in [5.74, 6) is 0.240. The van der Waals surface area contributed by atoms with Crippen LogP contribution >= 0.6 is 27.5 Å². The minimum Gasteiger partial charge on any atom is -0.350 e. The summed E-state index contributed by atoms with van der Waals surface area (Å²) in [7, 11) is 0. The Balaban J connectivity index is 1.90. The Hall–Kier alpha value is -0.610. The lowest BCUT2D eigenvalue weighted by molar-refractivity contribution is 0.0938. The molecule has 1 aromatic rings. The average Bonchev–Trinajstić information content (AvgIpc) is 2.38. The van der Waals surface area contributed by atoms with Crippen LogP contribution in [0.4, 0.5) is 0 Å². The number of alkyl halides is 1. The molecule has 0 bridgehead atoms. The van der Waals surface area contributed by atoms with E-state index in [1.807, 2.05) is 6.07 Å². The fourth-order valence-corrected chi connectivity index (χ4v) is 3.06. The topological polar surface area (TPSA) is 42.0 Å². The van der Waals surface area contributed by atoms with Gasteiger partial charge in [0.05, 0.1) is 0 Å². The lowest BCUT2D eigenvalue weighted by atomic mass is 9.89. The SMILES string of the molecule is O=C(NCC1CCCCC1Cl)c1ncccc1Br. The normalized spacial score (nSPS) is 23.7. The molecular weight excluding hydrogens is 316 g/mol. The standard InChI is InChI=1S/C13H16BrClN2O/c14-10-5-3-7-16-12(10)13(18)17-8-9-4-1-2-6-11(9)15/h3,5,7,9,11H,1-2,4,6,8H2,(H,17,18). The summed E-state index contributed by atoms with van der Waals surface area (Å²) in [5.41, 5.74) is 0.430. The van der Waals surface area contributed by atoms with Gasteiger partial charge in [-0.3, -0.25) is 4.79 Å². The number of nitrogens with one attached hydrogen (secondary N) is 1. The number of hydrogen-bond acceptors (Lipinski definition) is 2. The summed E-state index contributed by atoms with van der Waals surface area (Å²) in [4.78, 5) is 16.0. The van der Waals surface area contributed by atoms with Crippen LogP contribution in [0.25, 0.3) is 0 Å². The highest BCUT2D eigenvalue weighted by atomic mass is 79.9. The fraction of sp³-hybridized carbons (Fsp3) is 0.538. The molecule has 1 fully saturated rings. The van der Waals surface area contributed by atoms with E-state index >= 15 is 0 Å². The molecule has 0 saturated heterocycles. The zero-order valence-corrected chi connectivity index (χ0v) is 12.4. The van der Waals surface area contributed by atoms with Gasteiger partial charge in [0.25, 0.3) is 5.91 Å². The Morgan fingerprint density at radius 3 is 3.00 bits per heavy atom. The lowest BCUT2D eigenvalue weighted by Crippen LogP contribution is -2.35. The van der Waals surface area contributed by atoms with Crippen molar-refractivity contribution < 1.29 is 4.79 Å². The summed E-state index contributed by atoms with van der Waals surface area (Å²) in [6.45, 7) is 0.635. The number of hydrogen-bond donors (Lipinski definition) is 1. The molecular formula is C13H16BrClN2O. The van der Waals surface area contributed by atoms with E-state index in [4.69, 9.17) is 11.6 Å². The van der Waals surface area contributed by atoms with Crippen molar-refractivity contribution in [1.82, 2.24) is 10.3 Å². The zero-order valence-electron chi connectivity index (χ0n) is 10.0. The van der Waals surface area contributed by atoms with E-state index in [1.54, 1.807) is 12.3 Å². The summed E-state index contributed by atoms with van der Waals surface area (Å²) in [6.07, 6.45) is 6.17. The fourth-order valence-electron chi connectivity index (χ4n) is 2.25. The Morgan fingerprint density at radius 2 is 2.28 bits per heavy atom. The van der Waals surface area contributed by atoms with Gasteiger partial charge in [-0.25, -0.2) is 4.98 Å². The highest BCUT2D eigenvalue weighted by molar-refractivity contribution is 9.10. The van der Waals surface area contributed by atoms with Crippen LogP contribution in [0, 0.1) is 5.92 Å². The summed E-state index contributed by atoms with van der Waals surface area (Å²) in [6, 6.07) is 3.60. The molecule has 2 rings (SSSR count). The Bertz CT molecular complexity index is 427. The molecule has 0 aromatic carbocycles. The number of aromatic nitrogens is 1. The van der Waals surface area contributed by atoms with Gasteiger partial charge in [-0.15, -0.1) is 11.6 Å². The van der Waals surface area contributed by atoms with E-state index in [-0.39, 0.29) is 11.3 Å². The monoisotopic (exact) mass is 330 g/mol. The maximum atomic E-state index is 12.0. The van der Waals surface area contributed by atoms with Crippen LogP contribution in [0.3, 0.4) is 0 Å². The van der Waals surface area contributed by atoms with Gasteiger partial charge in [-0.2, -0.15) is 0 Å². The predicted octanol–water partition coefficient (Wildman–Crippen LogP) is 3.37.